The number of alkyl halides is 3. The molecule has 1 unspecified atom stereocenters. The highest BCUT2D eigenvalue weighted by Crippen LogP contribution is 2.45. The first-order valence-electron chi connectivity index (χ1n) is 12.3. The number of rotatable bonds is 8. The Hall–Kier alpha value is -3.53. The van der Waals surface area contributed by atoms with Crippen molar-refractivity contribution < 1.29 is 37.1 Å². The molecule has 1 aromatic heterocycles. The van der Waals surface area contributed by atoms with E-state index in [0.717, 1.165) is 50.9 Å². The molecular formula is C27H27F3N2O5. The Bertz CT molecular complexity index is 1240. The fourth-order valence-corrected chi connectivity index (χ4v) is 4.72. The Labute approximate surface area is 211 Å². The fourth-order valence-electron chi connectivity index (χ4n) is 4.72. The van der Waals surface area contributed by atoms with Crippen LogP contribution in [0.5, 0.6) is 5.75 Å². The van der Waals surface area contributed by atoms with Gasteiger partial charge in [-0.3, -0.25) is 0 Å². The maximum atomic E-state index is 13.0. The monoisotopic (exact) mass is 516 g/mol. The lowest BCUT2D eigenvalue weighted by atomic mass is 10.0. The second kappa shape index (κ2) is 10.5. The van der Waals surface area contributed by atoms with Crippen LogP contribution in [0.3, 0.4) is 0 Å². The molecule has 1 N–H and O–H groups in total. The largest absolute Gasteiger partial charge is 0.573 e. The number of carboxylic acids is 1. The van der Waals surface area contributed by atoms with Crippen LogP contribution in [0.15, 0.2) is 53.1 Å². The minimum absolute atomic E-state index is 0.0419. The van der Waals surface area contributed by atoms with Gasteiger partial charge in [-0.2, -0.15) is 0 Å². The van der Waals surface area contributed by atoms with E-state index in [1.807, 2.05) is 12.1 Å². The zero-order chi connectivity index (χ0) is 26.0. The fraction of sp³-hybridized carbons (Fsp3) is 0.407. The topological polar surface area (TPSA) is 85.0 Å². The van der Waals surface area contributed by atoms with Crippen molar-refractivity contribution in [2.45, 2.75) is 57.1 Å². The minimum atomic E-state index is -4.82. The van der Waals surface area contributed by atoms with Gasteiger partial charge in [0.15, 0.2) is 0 Å². The van der Waals surface area contributed by atoms with E-state index in [9.17, 15) is 18.0 Å². The van der Waals surface area contributed by atoms with Crippen molar-refractivity contribution >= 4 is 11.7 Å². The van der Waals surface area contributed by atoms with Gasteiger partial charge in [-0.1, -0.05) is 17.3 Å². The third-order valence-electron chi connectivity index (χ3n) is 6.75. The lowest BCUT2D eigenvalue weighted by Gasteiger charge is -2.23. The van der Waals surface area contributed by atoms with Gasteiger partial charge in [-0.25, -0.2) is 4.79 Å². The SMILES string of the molecule is O=C(O)c1ccc(N2CCCC(OCc3c(-c4ccccc4OC(F)(F)F)noc3C3CC3)CC2)cc1. The van der Waals surface area contributed by atoms with Crippen LogP contribution in [0.2, 0.25) is 0 Å². The number of halogens is 3. The van der Waals surface area contributed by atoms with Gasteiger partial charge in [0.1, 0.15) is 17.2 Å². The third kappa shape index (κ3) is 6.07. The van der Waals surface area contributed by atoms with Crippen LogP contribution in [-0.4, -0.2) is 41.8 Å². The first kappa shape index (κ1) is 25.1. The molecule has 2 fully saturated rings. The van der Waals surface area contributed by atoms with Crippen molar-refractivity contribution in [2.75, 3.05) is 18.0 Å². The summed E-state index contributed by atoms with van der Waals surface area (Å²) in [6, 6.07) is 12.8. The molecule has 0 radical (unpaired) electrons. The quantitative estimate of drug-likeness (QED) is 0.371. The number of benzene rings is 2. The number of ether oxygens (including phenoxy) is 2. The molecule has 0 spiro atoms. The van der Waals surface area contributed by atoms with Crippen LogP contribution in [0, 0.1) is 0 Å². The number of aromatic nitrogens is 1. The van der Waals surface area contributed by atoms with Crippen LogP contribution in [-0.2, 0) is 11.3 Å². The molecule has 1 aliphatic carbocycles. The number of nitrogens with zero attached hydrogens (tertiary/aromatic N) is 2. The van der Waals surface area contributed by atoms with Crippen LogP contribution >= 0.6 is 0 Å². The molecule has 0 amide bonds. The summed E-state index contributed by atoms with van der Waals surface area (Å²) in [4.78, 5) is 13.3. The first-order valence-corrected chi connectivity index (χ1v) is 12.3. The van der Waals surface area contributed by atoms with Crippen molar-refractivity contribution in [1.82, 2.24) is 5.16 Å². The summed E-state index contributed by atoms with van der Waals surface area (Å²) in [5, 5.41) is 13.3. The van der Waals surface area contributed by atoms with E-state index in [-0.39, 0.29) is 35.5 Å². The van der Waals surface area contributed by atoms with E-state index in [1.165, 1.54) is 18.2 Å². The van der Waals surface area contributed by atoms with Gasteiger partial charge in [-0.05, 0) is 68.5 Å². The molecular weight excluding hydrogens is 489 g/mol. The van der Waals surface area contributed by atoms with Crippen molar-refractivity contribution in [3.05, 3.63) is 65.4 Å². The van der Waals surface area contributed by atoms with Crippen LogP contribution in [0.4, 0.5) is 18.9 Å². The molecule has 5 rings (SSSR count). The number of hydrogen-bond donors (Lipinski definition) is 1. The maximum Gasteiger partial charge on any atom is 0.573 e. The Morgan fingerprint density at radius 3 is 2.51 bits per heavy atom. The molecule has 2 heterocycles. The lowest BCUT2D eigenvalue weighted by Crippen LogP contribution is -2.25. The second-order valence-corrected chi connectivity index (χ2v) is 9.40. The Morgan fingerprint density at radius 2 is 1.81 bits per heavy atom. The predicted octanol–water partition coefficient (Wildman–Crippen LogP) is 6.39. The molecule has 196 valence electrons. The summed E-state index contributed by atoms with van der Waals surface area (Å²) in [5.74, 6) is -0.410. The van der Waals surface area contributed by atoms with E-state index in [2.05, 4.69) is 14.8 Å². The summed E-state index contributed by atoms with van der Waals surface area (Å²) >= 11 is 0. The zero-order valence-electron chi connectivity index (χ0n) is 20.0. The summed E-state index contributed by atoms with van der Waals surface area (Å²) < 4.78 is 55.2. The van der Waals surface area contributed by atoms with Crippen molar-refractivity contribution in [3.8, 4) is 17.0 Å². The number of aromatic carboxylic acids is 1. The summed E-state index contributed by atoms with van der Waals surface area (Å²) in [7, 11) is 0. The molecule has 7 nitrogen and oxygen atoms in total. The highest BCUT2D eigenvalue weighted by Gasteiger charge is 2.36. The number of carbonyl (C=O) groups is 1. The Morgan fingerprint density at radius 1 is 1.05 bits per heavy atom. The zero-order valence-corrected chi connectivity index (χ0v) is 20.0. The highest BCUT2D eigenvalue weighted by atomic mass is 19.4. The minimum Gasteiger partial charge on any atom is -0.478 e. The molecule has 37 heavy (non-hydrogen) atoms. The molecule has 2 aliphatic rings. The molecule has 1 atom stereocenters. The molecule has 1 saturated heterocycles. The number of anilines is 1. The third-order valence-corrected chi connectivity index (χ3v) is 6.75. The average Bonchev–Trinajstić information content (AvgIpc) is 3.66. The molecule has 10 heteroatoms. The molecule has 1 saturated carbocycles. The molecule has 3 aromatic rings. The average molecular weight is 517 g/mol. The van der Waals surface area contributed by atoms with Gasteiger partial charge < -0.3 is 24.0 Å². The number of hydrogen-bond acceptors (Lipinski definition) is 6. The predicted molar refractivity (Wildman–Crippen MR) is 129 cm³/mol. The number of para-hydroxylation sites is 1. The smallest absolute Gasteiger partial charge is 0.478 e. The lowest BCUT2D eigenvalue weighted by molar-refractivity contribution is -0.274. The van der Waals surface area contributed by atoms with E-state index in [1.54, 1.807) is 18.2 Å². The van der Waals surface area contributed by atoms with Gasteiger partial charge in [0.25, 0.3) is 0 Å². The van der Waals surface area contributed by atoms with E-state index in [4.69, 9.17) is 14.4 Å². The summed E-state index contributed by atoms with van der Waals surface area (Å²) in [6.07, 6.45) is -0.497. The molecule has 1 aliphatic heterocycles. The standard InChI is InChI=1S/C27H27F3N2O5/c28-27(29,30)36-23-6-2-1-5-21(23)24-22(25(37-31-24)17-7-8-17)16-35-20-4-3-14-32(15-13-20)19-11-9-18(10-12-19)26(33)34/h1-2,5-6,9-12,17,20H,3-4,7-8,13-16H2,(H,33,34). The first-order chi connectivity index (χ1) is 17.8. The van der Waals surface area contributed by atoms with Gasteiger partial charge in [0.2, 0.25) is 0 Å². The number of carboxylic acid groups (broad SMARTS) is 1. The van der Waals surface area contributed by atoms with Gasteiger partial charge in [-0.15, -0.1) is 13.2 Å². The highest BCUT2D eigenvalue weighted by molar-refractivity contribution is 5.88. The van der Waals surface area contributed by atoms with Gasteiger partial charge in [0, 0.05) is 35.8 Å². The summed E-state index contributed by atoms with van der Waals surface area (Å²) in [6.45, 7) is 1.74. The normalized spacial score (nSPS) is 18.5. The van der Waals surface area contributed by atoms with E-state index >= 15 is 0 Å². The van der Waals surface area contributed by atoms with E-state index in [0.29, 0.717) is 17.0 Å². The van der Waals surface area contributed by atoms with Gasteiger partial charge >= 0.3 is 12.3 Å². The van der Waals surface area contributed by atoms with Crippen LogP contribution in [0.25, 0.3) is 11.3 Å². The van der Waals surface area contributed by atoms with Crippen molar-refractivity contribution in [1.29, 1.82) is 0 Å². The maximum absolute atomic E-state index is 13.0. The molecule has 0 bridgehead atoms. The summed E-state index contributed by atoms with van der Waals surface area (Å²) in [5.41, 5.74) is 2.41. The van der Waals surface area contributed by atoms with Crippen molar-refractivity contribution in [3.63, 3.8) is 0 Å². The second-order valence-electron chi connectivity index (χ2n) is 9.40. The van der Waals surface area contributed by atoms with E-state index < -0.39 is 12.3 Å². The van der Waals surface area contributed by atoms with Crippen LogP contribution < -0.4 is 9.64 Å². The van der Waals surface area contributed by atoms with Gasteiger partial charge in [0.05, 0.1) is 18.3 Å². The molecule has 2 aromatic carbocycles. The Balaban J connectivity index is 1.29. The van der Waals surface area contributed by atoms with Crippen molar-refractivity contribution in [2.24, 2.45) is 0 Å². The van der Waals surface area contributed by atoms with Crippen LogP contribution in [0.1, 0.15) is 59.7 Å². The Kier molecular flexibility index (Phi) is 7.10.